The SMILES string of the molecule is [V]=[N][P][N]=[V]. The van der Waals surface area contributed by atoms with E-state index in [1.807, 2.05) is 0 Å². The van der Waals surface area contributed by atoms with Crippen molar-refractivity contribution in [2.24, 2.45) is 7.12 Å². The number of hydrogen-bond donors (Lipinski definition) is 0. The van der Waals surface area contributed by atoms with Gasteiger partial charge in [-0.15, -0.1) is 0 Å². The minimum atomic E-state index is 0.775. The summed E-state index contributed by atoms with van der Waals surface area (Å²) in [6.45, 7) is 0. The molecule has 0 aliphatic heterocycles. The van der Waals surface area contributed by atoms with Crippen LogP contribution in [0.2, 0.25) is 0 Å². The van der Waals surface area contributed by atoms with Crippen LogP contribution in [0, 0.1) is 0 Å². The van der Waals surface area contributed by atoms with E-state index < -0.39 is 0 Å². The van der Waals surface area contributed by atoms with Crippen molar-refractivity contribution in [3.8, 4) is 0 Å². The van der Waals surface area contributed by atoms with E-state index in [1.54, 1.807) is 0 Å². The average Bonchev–Trinajstić information content (AvgIpc) is 1.41. The maximum absolute atomic E-state index is 3.58. The summed E-state index contributed by atoms with van der Waals surface area (Å²) in [5, 5.41) is 0. The molecule has 0 aliphatic carbocycles. The van der Waals surface area contributed by atoms with Gasteiger partial charge in [0.2, 0.25) is 0 Å². The van der Waals surface area contributed by atoms with Crippen LogP contribution in [0.4, 0.5) is 0 Å². The van der Waals surface area contributed by atoms with Crippen molar-refractivity contribution >= 4 is 8.88 Å². The summed E-state index contributed by atoms with van der Waals surface area (Å²) in [6.07, 6.45) is 0. The van der Waals surface area contributed by atoms with Crippen LogP contribution in [-0.4, -0.2) is 0 Å². The summed E-state index contributed by atoms with van der Waals surface area (Å²) in [7, 11) is 0.775. The van der Waals surface area contributed by atoms with Crippen LogP contribution in [0.25, 0.3) is 0 Å². The Bertz CT molecular complexity index is 36.9. The van der Waals surface area contributed by atoms with Crippen molar-refractivity contribution in [3.05, 3.63) is 0 Å². The Morgan fingerprint density at radius 3 is 1.60 bits per heavy atom. The van der Waals surface area contributed by atoms with Gasteiger partial charge in [-0.25, -0.2) is 0 Å². The van der Waals surface area contributed by atoms with Gasteiger partial charge in [0, 0.05) is 0 Å². The Hall–Kier alpha value is 1.20. The molecular weight excluding hydrogens is 161 g/mol. The van der Waals surface area contributed by atoms with E-state index in [0.29, 0.717) is 0 Å². The van der Waals surface area contributed by atoms with Gasteiger partial charge < -0.3 is 0 Å². The number of nitrogens with zero attached hydrogens (tertiary/aromatic N) is 2. The molecule has 0 amide bonds. The fourth-order valence-electron chi connectivity index (χ4n) is 0.0179. The normalized spacial score (nSPS) is 6.00. The molecule has 1 radical (unpaired) electrons. The van der Waals surface area contributed by atoms with Gasteiger partial charge in [-0.3, -0.25) is 0 Å². The molecule has 0 rings (SSSR count). The molecule has 2 nitrogen and oxygen atoms in total. The molecule has 0 fully saturated rings. The minimum absolute atomic E-state index is 0.775. The zero-order valence-corrected chi connectivity index (χ0v) is 5.92. The Balaban J connectivity index is 2.65. The van der Waals surface area contributed by atoms with Crippen LogP contribution < -0.4 is 0 Å². The standard InChI is InChI=1S/N2P.2V/c1-3-2;;. The summed E-state index contributed by atoms with van der Waals surface area (Å²) in [6, 6.07) is 0. The van der Waals surface area contributed by atoms with E-state index >= 15 is 0 Å². The third-order valence-electron chi connectivity index (χ3n) is 0.0800. The molecule has 0 saturated carbocycles. The van der Waals surface area contributed by atoms with Crippen molar-refractivity contribution in [2.75, 3.05) is 0 Å². The molecule has 0 aromatic rings. The molecule has 0 spiro atoms. The Morgan fingerprint density at radius 1 is 1.20 bits per heavy atom. The molecule has 0 unspecified atom stereocenters. The van der Waals surface area contributed by atoms with E-state index in [2.05, 4.69) is 41.6 Å². The average molecular weight is 161 g/mol. The van der Waals surface area contributed by atoms with Crippen molar-refractivity contribution in [1.82, 2.24) is 0 Å². The van der Waals surface area contributed by atoms with Gasteiger partial charge in [-0.05, 0) is 0 Å². The molecule has 0 aromatic carbocycles. The van der Waals surface area contributed by atoms with Gasteiger partial charge in [0.05, 0.1) is 0 Å². The van der Waals surface area contributed by atoms with Gasteiger partial charge in [0.25, 0.3) is 0 Å². The van der Waals surface area contributed by atoms with Crippen LogP contribution in [0.15, 0.2) is 7.12 Å². The van der Waals surface area contributed by atoms with Crippen LogP contribution in [0.1, 0.15) is 0 Å². The summed E-state index contributed by atoms with van der Waals surface area (Å²) in [4.78, 5) is 0. The van der Waals surface area contributed by atoms with E-state index in [0.717, 1.165) is 8.88 Å². The second-order valence-corrected chi connectivity index (χ2v) is 2.48. The molecule has 5 heavy (non-hydrogen) atoms. The number of hydrogen-bond acceptors (Lipinski definition) is 2. The van der Waals surface area contributed by atoms with Crippen molar-refractivity contribution in [3.63, 3.8) is 0 Å². The summed E-state index contributed by atoms with van der Waals surface area (Å²) in [5.41, 5.74) is 0. The Labute approximate surface area is 50.6 Å². The van der Waals surface area contributed by atoms with Gasteiger partial charge in [-0.1, -0.05) is 0 Å². The topological polar surface area (TPSA) is 24.7 Å². The van der Waals surface area contributed by atoms with E-state index in [-0.39, 0.29) is 0 Å². The molecule has 0 atom stereocenters. The quantitative estimate of drug-likeness (QED) is 0.544. The first-order valence-electron chi connectivity index (χ1n) is 0.800. The molecule has 5 heteroatoms. The van der Waals surface area contributed by atoms with Crippen LogP contribution in [0.3, 0.4) is 0 Å². The van der Waals surface area contributed by atoms with E-state index in [1.165, 1.54) is 0 Å². The second kappa shape index (κ2) is 5.20. The summed E-state index contributed by atoms with van der Waals surface area (Å²) < 4.78 is 7.16. The third-order valence-corrected chi connectivity index (χ3v) is 0.990. The predicted molar refractivity (Wildman–Crippen MR) is 11.8 cm³/mol. The molecule has 0 N–H and O–H groups in total. The number of rotatable bonds is 2. The van der Waals surface area contributed by atoms with Crippen molar-refractivity contribution < 1.29 is 34.5 Å². The molecule has 0 saturated heterocycles. The van der Waals surface area contributed by atoms with Gasteiger partial charge >= 0.3 is 50.5 Å². The molecule has 0 bridgehead atoms. The zero-order chi connectivity index (χ0) is 4.12. The van der Waals surface area contributed by atoms with Crippen LogP contribution >= 0.6 is 8.88 Å². The first-order valence-corrected chi connectivity index (χ1v) is 2.85. The fourth-order valence-corrected chi connectivity index (χ4v) is 0.912. The molecule has 0 heterocycles. The first-order chi connectivity index (χ1) is 2.41. The third kappa shape index (κ3) is 5.20. The van der Waals surface area contributed by atoms with Crippen LogP contribution in [0.5, 0.6) is 0 Å². The first kappa shape index (κ1) is 6.20. The molecule has 25 valence electrons. The van der Waals surface area contributed by atoms with E-state index in [4.69, 9.17) is 0 Å². The Morgan fingerprint density at radius 2 is 1.60 bits per heavy atom. The zero-order valence-electron chi connectivity index (χ0n) is 2.24. The molecule has 0 aromatic heterocycles. The van der Waals surface area contributed by atoms with Crippen molar-refractivity contribution in [1.29, 1.82) is 0 Å². The van der Waals surface area contributed by atoms with Gasteiger partial charge in [-0.2, -0.15) is 0 Å². The van der Waals surface area contributed by atoms with E-state index in [9.17, 15) is 0 Å². The predicted octanol–water partition coefficient (Wildman–Crippen LogP) is 1.22. The van der Waals surface area contributed by atoms with Gasteiger partial charge in [0.15, 0.2) is 0 Å². The maximum atomic E-state index is 3.58. The summed E-state index contributed by atoms with van der Waals surface area (Å²) in [5.74, 6) is 0. The van der Waals surface area contributed by atoms with Gasteiger partial charge in [0.1, 0.15) is 0 Å². The van der Waals surface area contributed by atoms with Crippen LogP contribution in [-0.2, 0) is 34.5 Å². The second-order valence-electron chi connectivity index (χ2n) is 0.268. The molecule has 0 aliphatic rings. The van der Waals surface area contributed by atoms with Crippen molar-refractivity contribution in [2.45, 2.75) is 0 Å². The Kier molecular flexibility index (Phi) is 6.45. The molecular formula is N2PV2. The summed E-state index contributed by atoms with van der Waals surface area (Å²) >= 11 is 4.17. The fraction of sp³-hybridized carbons (Fsp3) is 0. The monoisotopic (exact) mass is 161 g/mol.